The summed E-state index contributed by atoms with van der Waals surface area (Å²) in [6.45, 7) is 4.12. The average molecular weight is 329 g/mol. The Balaban J connectivity index is 2.13. The third-order valence-electron chi connectivity index (χ3n) is 3.98. The predicted molar refractivity (Wildman–Crippen MR) is 82.2 cm³/mol. The fourth-order valence-electron chi connectivity index (χ4n) is 2.67. The zero-order valence-corrected chi connectivity index (χ0v) is 13.4. The van der Waals surface area contributed by atoms with E-state index < -0.39 is 18.2 Å². The van der Waals surface area contributed by atoms with E-state index in [2.05, 4.69) is 10.2 Å². The summed E-state index contributed by atoms with van der Waals surface area (Å²) in [6, 6.07) is 3.48. The molecule has 7 heteroatoms. The lowest BCUT2D eigenvalue weighted by Gasteiger charge is -2.27. The predicted octanol–water partition coefficient (Wildman–Crippen LogP) is 2.95. The molecule has 0 bridgehead atoms. The number of hydrogen-bond donors (Lipinski definition) is 1. The molecule has 0 aliphatic carbocycles. The molecule has 4 nitrogen and oxygen atoms in total. The highest BCUT2D eigenvalue weighted by Gasteiger charge is 2.42. The van der Waals surface area contributed by atoms with Gasteiger partial charge in [0.05, 0.1) is 0 Å². The number of carbonyl (C=O) groups is 1. The minimum atomic E-state index is -4.54. The second-order valence-electron chi connectivity index (χ2n) is 5.98. The Labute approximate surface area is 134 Å². The molecule has 23 heavy (non-hydrogen) atoms. The third kappa shape index (κ3) is 4.86. The fourth-order valence-corrected chi connectivity index (χ4v) is 2.67. The second-order valence-corrected chi connectivity index (χ2v) is 5.98. The third-order valence-corrected chi connectivity index (χ3v) is 3.98. The van der Waals surface area contributed by atoms with Crippen molar-refractivity contribution in [3.63, 3.8) is 0 Å². The Hall–Kier alpha value is -1.76. The zero-order valence-electron chi connectivity index (χ0n) is 13.4. The highest BCUT2D eigenvalue weighted by molar-refractivity contribution is 5.75. The quantitative estimate of drug-likeness (QED) is 0.905. The maximum atomic E-state index is 13.4. The van der Waals surface area contributed by atoms with E-state index in [1.54, 1.807) is 19.1 Å². The van der Waals surface area contributed by atoms with E-state index in [1.807, 2.05) is 7.05 Å². The SMILES string of the molecule is Cc1cccc(C(NC(=O)N2CCCN(C)CC2)C(F)(F)F)c1. The van der Waals surface area contributed by atoms with Crippen LogP contribution in [0.1, 0.15) is 23.6 Å². The van der Waals surface area contributed by atoms with E-state index >= 15 is 0 Å². The number of benzene rings is 1. The molecule has 0 radical (unpaired) electrons. The van der Waals surface area contributed by atoms with Gasteiger partial charge in [0, 0.05) is 19.6 Å². The van der Waals surface area contributed by atoms with Crippen molar-refractivity contribution in [1.29, 1.82) is 0 Å². The van der Waals surface area contributed by atoms with Gasteiger partial charge in [-0.2, -0.15) is 13.2 Å². The molecule has 1 aliphatic heterocycles. The summed E-state index contributed by atoms with van der Waals surface area (Å²) >= 11 is 0. The molecule has 1 saturated heterocycles. The van der Waals surface area contributed by atoms with Crippen LogP contribution in [0.15, 0.2) is 24.3 Å². The van der Waals surface area contributed by atoms with Gasteiger partial charge in [-0.1, -0.05) is 29.8 Å². The zero-order chi connectivity index (χ0) is 17.0. The molecule has 1 aliphatic rings. The number of halogens is 3. The number of carbonyl (C=O) groups excluding carboxylic acids is 1. The lowest BCUT2D eigenvalue weighted by molar-refractivity contribution is -0.155. The van der Waals surface area contributed by atoms with Crippen LogP contribution in [-0.2, 0) is 0 Å². The Bertz CT molecular complexity index is 548. The molecule has 2 amide bonds. The lowest BCUT2D eigenvalue weighted by Crippen LogP contribution is -2.46. The molecule has 128 valence electrons. The number of aryl methyl sites for hydroxylation is 1. The maximum absolute atomic E-state index is 13.4. The second kappa shape index (κ2) is 7.21. The molecule has 0 saturated carbocycles. The molecular weight excluding hydrogens is 307 g/mol. The Morgan fingerprint density at radius 2 is 1.96 bits per heavy atom. The lowest BCUT2D eigenvalue weighted by atomic mass is 10.0. The monoisotopic (exact) mass is 329 g/mol. The Kier molecular flexibility index (Phi) is 5.51. The molecular formula is C16H22F3N3O. The van der Waals surface area contributed by atoms with Crippen LogP contribution < -0.4 is 5.32 Å². The average Bonchev–Trinajstić information content (AvgIpc) is 2.68. The number of nitrogens with one attached hydrogen (secondary N) is 1. The van der Waals surface area contributed by atoms with Crippen molar-refractivity contribution >= 4 is 6.03 Å². The summed E-state index contributed by atoms with van der Waals surface area (Å²) in [4.78, 5) is 15.8. The van der Waals surface area contributed by atoms with Crippen molar-refractivity contribution in [1.82, 2.24) is 15.1 Å². The first kappa shape index (κ1) is 17.6. The standard InChI is InChI=1S/C16H22F3N3O/c1-12-5-3-6-13(11-12)14(16(17,18)19)20-15(23)22-8-4-7-21(2)9-10-22/h3,5-6,11,14H,4,7-10H2,1-2H3,(H,20,23). The molecule has 1 aromatic carbocycles. The Morgan fingerprint density at radius 1 is 1.22 bits per heavy atom. The molecule has 1 heterocycles. The van der Waals surface area contributed by atoms with E-state index in [9.17, 15) is 18.0 Å². The van der Waals surface area contributed by atoms with Gasteiger partial charge in [0.2, 0.25) is 0 Å². The van der Waals surface area contributed by atoms with E-state index in [1.165, 1.54) is 17.0 Å². The summed E-state index contributed by atoms with van der Waals surface area (Å²) in [5.74, 6) is 0. The largest absolute Gasteiger partial charge is 0.412 e. The number of nitrogens with zero attached hydrogens (tertiary/aromatic N) is 2. The van der Waals surface area contributed by atoms with Crippen molar-refractivity contribution in [3.8, 4) is 0 Å². The summed E-state index contributed by atoms with van der Waals surface area (Å²) in [5.41, 5.74) is 0.778. The normalized spacial score (nSPS) is 18.4. The van der Waals surface area contributed by atoms with E-state index in [4.69, 9.17) is 0 Å². The molecule has 1 atom stereocenters. The molecule has 0 aromatic heterocycles. The minimum Gasteiger partial charge on any atom is -0.323 e. The van der Waals surface area contributed by atoms with Crippen LogP contribution in [0.2, 0.25) is 0 Å². The van der Waals surface area contributed by atoms with Crippen molar-refractivity contribution in [2.75, 3.05) is 33.2 Å². The van der Waals surface area contributed by atoms with Crippen molar-refractivity contribution in [3.05, 3.63) is 35.4 Å². The van der Waals surface area contributed by atoms with Gasteiger partial charge < -0.3 is 15.1 Å². The molecule has 2 rings (SSSR count). The fraction of sp³-hybridized carbons (Fsp3) is 0.562. The van der Waals surface area contributed by atoms with Crippen molar-refractivity contribution < 1.29 is 18.0 Å². The maximum Gasteiger partial charge on any atom is 0.412 e. The van der Waals surface area contributed by atoms with Crippen LogP contribution in [0.25, 0.3) is 0 Å². The van der Waals surface area contributed by atoms with Gasteiger partial charge in [-0.25, -0.2) is 4.79 Å². The molecule has 1 N–H and O–H groups in total. The highest BCUT2D eigenvalue weighted by Crippen LogP contribution is 2.33. The number of likely N-dealkylation sites (N-methyl/N-ethyl adjacent to an activating group) is 1. The first-order valence-corrected chi connectivity index (χ1v) is 7.64. The van der Waals surface area contributed by atoms with Gasteiger partial charge in [0.15, 0.2) is 6.04 Å². The number of amides is 2. The molecule has 0 spiro atoms. The topological polar surface area (TPSA) is 35.6 Å². The van der Waals surface area contributed by atoms with E-state index in [0.29, 0.717) is 19.6 Å². The first-order chi connectivity index (χ1) is 10.8. The van der Waals surface area contributed by atoms with Crippen molar-refractivity contribution in [2.24, 2.45) is 0 Å². The van der Waals surface area contributed by atoms with Gasteiger partial charge in [-0.05, 0) is 32.5 Å². The van der Waals surface area contributed by atoms with Gasteiger partial charge in [0.1, 0.15) is 0 Å². The van der Waals surface area contributed by atoms with Gasteiger partial charge in [0.25, 0.3) is 0 Å². The van der Waals surface area contributed by atoms with Crippen LogP contribution in [0.5, 0.6) is 0 Å². The summed E-state index contributed by atoms with van der Waals surface area (Å²) in [5, 5.41) is 2.16. The number of rotatable bonds is 2. The smallest absolute Gasteiger partial charge is 0.323 e. The number of urea groups is 1. The van der Waals surface area contributed by atoms with Crippen molar-refractivity contribution in [2.45, 2.75) is 25.6 Å². The summed E-state index contributed by atoms with van der Waals surface area (Å²) in [6.07, 6.45) is -3.78. The van der Waals surface area contributed by atoms with Gasteiger partial charge in [-0.15, -0.1) is 0 Å². The Morgan fingerprint density at radius 3 is 2.61 bits per heavy atom. The van der Waals surface area contributed by atoms with Crippen LogP contribution in [0.4, 0.5) is 18.0 Å². The van der Waals surface area contributed by atoms with Gasteiger partial charge in [-0.3, -0.25) is 0 Å². The van der Waals surface area contributed by atoms with Crippen LogP contribution >= 0.6 is 0 Å². The van der Waals surface area contributed by atoms with Crippen LogP contribution in [0, 0.1) is 6.92 Å². The molecule has 1 aromatic rings. The minimum absolute atomic E-state index is 0.0535. The van der Waals surface area contributed by atoms with E-state index in [0.717, 1.165) is 18.5 Å². The molecule has 1 fully saturated rings. The van der Waals surface area contributed by atoms with Crippen LogP contribution in [-0.4, -0.2) is 55.2 Å². The number of hydrogen-bond acceptors (Lipinski definition) is 2. The van der Waals surface area contributed by atoms with Crippen LogP contribution in [0.3, 0.4) is 0 Å². The summed E-state index contributed by atoms with van der Waals surface area (Å²) < 4.78 is 40.1. The highest BCUT2D eigenvalue weighted by atomic mass is 19.4. The molecule has 1 unspecified atom stereocenters. The first-order valence-electron chi connectivity index (χ1n) is 7.64. The van der Waals surface area contributed by atoms with Gasteiger partial charge >= 0.3 is 12.2 Å². The summed E-state index contributed by atoms with van der Waals surface area (Å²) in [7, 11) is 1.94. The number of alkyl halides is 3. The van der Waals surface area contributed by atoms with E-state index in [-0.39, 0.29) is 5.56 Å².